The molecular formula is C23H26. The van der Waals surface area contributed by atoms with Gasteiger partial charge in [0.05, 0.1) is 0 Å². The number of benzene rings is 2. The Morgan fingerprint density at radius 3 is 1.74 bits per heavy atom. The zero-order chi connectivity index (χ0) is 16.2. The smallest absolute Gasteiger partial charge is 0.00636 e. The zero-order valence-electron chi connectivity index (χ0n) is 14.5. The van der Waals surface area contributed by atoms with Gasteiger partial charge in [-0.05, 0) is 47.1 Å². The zero-order valence-corrected chi connectivity index (χ0v) is 14.5. The van der Waals surface area contributed by atoms with Crippen LogP contribution in [-0.4, -0.2) is 0 Å². The summed E-state index contributed by atoms with van der Waals surface area (Å²) < 4.78 is 0. The molecule has 0 radical (unpaired) electrons. The first-order chi connectivity index (χ1) is 11.3. The van der Waals surface area contributed by atoms with Crippen LogP contribution >= 0.6 is 0 Å². The minimum atomic E-state index is 0.563. The summed E-state index contributed by atoms with van der Waals surface area (Å²) in [5, 5.41) is 0. The van der Waals surface area contributed by atoms with Gasteiger partial charge in [0.1, 0.15) is 0 Å². The Kier molecular flexibility index (Phi) is 4.81. The van der Waals surface area contributed by atoms with Crippen LogP contribution in [0.2, 0.25) is 0 Å². The molecule has 118 valence electrons. The van der Waals surface area contributed by atoms with Crippen molar-refractivity contribution in [3.05, 3.63) is 82.9 Å². The quantitative estimate of drug-likeness (QED) is 0.572. The van der Waals surface area contributed by atoms with Crippen LogP contribution in [0.15, 0.2) is 71.8 Å². The predicted octanol–water partition coefficient (Wildman–Crippen LogP) is 6.75. The van der Waals surface area contributed by atoms with Crippen molar-refractivity contribution in [3.63, 3.8) is 0 Å². The van der Waals surface area contributed by atoms with E-state index in [1.807, 2.05) is 0 Å². The molecule has 0 heteroatoms. The van der Waals surface area contributed by atoms with Gasteiger partial charge in [-0.3, -0.25) is 0 Å². The van der Waals surface area contributed by atoms with Crippen LogP contribution in [-0.2, 0) is 0 Å². The maximum atomic E-state index is 2.32. The third-order valence-electron chi connectivity index (χ3n) is 5.01. The van der Waals surface area contributed by atoms with Gasteiger partial charge in [0, 0.05) is 5.92 Å². The first-order valence-electron chi connectivity index (χ1n) is 8.89. The summed E-state index contributed by atoms with van der Waals surface area (Å²) in [6.45, 7) is 6.93. The molecule has 0 saturated heterocycles. The summed E-state index contributed by atoms with van der Waals surface area (Å²) in [4.78, 5) is 0. The minimum absolute atomic E-state index is 0.563. The van der Waals surface area contributed by atoms with Gasteiger partial charge >= 0.3 is 0 Å². The Bertz CT molecular complexity index is 717. The highest BCUT2D eigenvalue weighted by molar-refractivity contribution is 5.97. The minimum Gasteiger partial charge on any atom is -0.0645 e. The van der Waals surface area contributed by atoms with Crippen LogP contribution in [0.4, 0.5) is 0 Å². The molecular weight excluding hydrogens is 276 g/mol. The molecule has 0 spiro atoms. The molecule has 0 aromatic heterocycles. The first-order valence-corrected chi connectivity index (χ1v) is 8.89. The van der Waals surface area contributed by atoms with Crippen LogP contribution in [0.25, 0.3) is 11.1 Å². The molecule has 3 rings (SSSR count). The maximum Gasteiger partial charge on any atom is 0.00636 e. The van der Waals surface area contributed by atoms with Crippen molar-refractivity contribution in [1.29, 1.82) is 0 Å². The summed E-state index contributed by atoms with van der Waals surface area (Å²) in [5.74, 6) is 0.563. The molecule has 1 aliphatic carbocycles. The Hall–Kier alpha value is -2.08. The summed E-state index contributed by atoms with van der Waals surface area (Å²) in [6.07, 6.45) is 3.39. The van der Waals surface area contributed by atoms with Crippen molar-refractivity contribution < 1.29 is 0 Å². The van der Waals surface area contributed by atoms with Crippen LogP contribution in [0.1, 0.15) is 51.2 Å². The van der Waals surface area contributed by atoms with Crippen LogP contribution in [0.3, 0.4) is 0 Å². The fraction of sp³-hybridized carbons (Fsp3) is 0.304. The molecule has 1 unspecified atom stereocenters. The van der Waals surface area contributed by atoms with Gasteiger partial charge in [0.15, 0.2) is 0 Å². The summed E-state index contributed by atoms with van der Waals surface area (Å²) in [6, 6.07) is 21.9. The normalized spacial score (nSPS) is 18.0. The Balaban J connectivity index is 2.23. The van der Waals surface area contributed by atoms with Crippen LogP contribution in [0, 0.1) is 5.92 Å². The lowest BCUT2D eigenvalue weighted by atomic mass is 9.86. The summed E-state index contributed by atoms with van der Waals surface area (Å²) in [7, 11) is 0. The highest BCUT2D eigenvalue weighted by atomic mass is 14.4. The predicted molar refractivity (Wildman–Crippen MR) is 101 cm³/mol. The van der Waals surface area contributed by atoms with Crippen LogP contribution < -0.4 is 0 Å². The molecule has 0 N–H and O–H groups in total. The fourth-order valence-electron chi connectivity index (χ4n) is 4.09. The van der Waals surface area contributed by atoms with E-state index in [0.29, 0.717) is 5.92 Å². The summed E-state index contributed by atoms with van der Waals surface area (Å²) >= 11 is 0. The monoisotopic (exact) mass is 302 g/mol. The Morgan fingerprint density at radius 1 is 0.696 bits per heavy atom. The lowest BCUT2D eigenvalue weighted by Crippen LogP contribution is -2.02. The molecule has 0 aliphatic heterocycles. The lowest BCUT2D eigenvalue weighted by molar-refractivity contribution is 0.728. The molecule has 0 saturated carbocycles. The molecule has 0 nitrogen and oxygen atoms in total. The van der Waals surface area contributed by atoms with E-state index in [0.717, 1.165) is 12.8 Å². The highest BCUT2D eigenvalue weighted by Gasteiger charge is 2.31. The average molecular weight is 302 g/mol. The highest BCUT2D eigenvalue weighted by Crippen LogP contribution is 2.50. The van der Waals surface area contributed by atoms with Gasteiger partial charge in [-0.15, -0.1) is 0 Å². The van der Waals surface area contributed by atoms with E-state index in [9.17, 15) is 0 Å². The standard InChI is InChI=1S/C23H26/c1-4-19-20(5-2)23(18-15-11-8-12-16-18)21(6-3)22(19)17-13-9-7-10-14-17/h7-16,19H,4-6H2,1-3H3. The van der Waals surface area contributed by atoms with E-state index in [4.69, 9.17) is 0 Å². The molecule has 1 atom stereocenters. The van der Waals surface area contributed by atoms with Crippen molar-refractivity contribution in [3.8, 4) is 0 Å². The van der Waals surface area contributed by atoms with Gasteiger partial charge in [0.2, 0.25) is 0 Å². The van der Waals surface area contributed by atoms with Crippen molar-refractivity contribution in [2.75, 3.05) is 0 Å². The largest absolute Gasteiger partial charge is 0.0645 e. The molecule has 0 heterocycles. The average Bonchev–Trinajstić information content (AvgIpc) is 2.96. The molecule has 0 fully saturated rings. The number of hydrogen-bond acceptors (Lipinski definition) is 0. The van der Waals surface area contributed by atoms with E-state index < -0.39 is 0 Å². The fourth-order valence-corrected chi connectivity index (χ4v) is 4.09. The van der Waals surface area contributed by atoms with Crippen molar-refractivity contribution in [1.82, 2.24) is 0 Å². The second-order valence-corrected chi connectivity index (χ2v) is 6.19. The number of allylic oxidation sites excluding steroid dienone is 4. The third-order valence-corrected chi connectivity index (χ3v) is 5.01. The third kappa shape index (κ3) is 2.79. The van der Waals surface area contributed by atoms with Gasteiger partial charge in [-0.25, -0.2) is 0 Å². The van der Waals surface area contributed by atoms with E-state index >= 15 is 0 Å². The Morgan fingerprint density at radius 2 is 1.26 bits per heavy atom. The first kappa shape index (κ1) is 15.8. The van der Waals surface area contributed by atoms with Crippen LogP contribution in [0.5, 0.6) is 0 Å². The summed E-state index contributed by atoms with van der Waals surface area (Å²) in [5.41, 5.74) is 9.02. The lowest BCUT2D eigenvalue weighted by Gasteiger charge is -2.18. The second kappa shape index (κ2) is 7.00. The molecule has 0 amide bonds. The van der Waals surface area contributed by atoms with Gasteiger partial charge in [-0.1, -0.05) is 87.0 Å². The van der Waals surface area contributed by atoms with E-state index in [1.54, 1.807) is 16.7 Å². The van der Waals surface area contributed by atoms with Gasteiger partial charge in [-0.2, -0.15) is 0 Å². The van der Waals surface area contributed by atoms with E-state index in [-0.39, 0.29) is 0 Å². The molecule has 1 aliphatic rings. The SMILES string of the molecule is CCC1=C(c2ccccc2)C(CC)C(CC)=C1c1ccccc1. The van der Waals surface area contributed by atoms with Gasteiger partial charge < -0.3 is 0 Å². The molecule has 0 bridgehead atoms. The number of rotatable bonds is 5. The van der Waals surface area contributed by atoms with Crippen molar-refractivity contribution >= 4 is 11.1 Å². The van der Waals surface area contributed by atoms with Gasteiger partial charge in [0.25, 0.3) is 0 Å². The van der Waals surface area contributed by atoms with E-state index in [1.165, 1.54) is 23.1 Å². The van der Waals surface area contributed by atoms with Crippen molar-refractivity contribution in [2.24, 2.45) is 5.92 Å². The molecule has 2 aromatic rings. The number of hydrogen-bond donors (Lipinski definition) is 0. The van der Waals surface area contributed by atoms with E-state index in [2.05, 4.69) is 81.4 Å². The second-order valence-electron chi connectivity index (χ2n) is 6.19. The maximum absolute atomic E-state index is 2.32. The molecule has 2 aromatic carbocycles. The topological polar surface area (TPSA) is 0 Å². The Labute approximate surface area is 140 Å². The van der Waals surface area contributed by atoms with Crippen molar-refractivity contribution in [2.45, 2.75) is 40.0 Å². The molecule has 23 heavy (non-hydrogen) atoms.